The molecule has 0 aliphatic heterocycles. The van der Waals surface area contributed by atoms with Gasteiger partial charge in [-0.05, 0) is 16.3 Å². The summed E-state index contributed by atoms with van der Waals surface area (Å²) in [4.78, 5) is 10.8. The van der Waals surface area contributed by atoms with E-state index in [1.807, 2.05) is 0 Å². The average Bonchev–Trinajstić information content (AvgIpc) is 2.78. The number of carboxylic acid groups (broad SMARTS) is 1. The molecule has 0 bridgehead atoms. The van der Waals surface area contributed by atoms with E-state index in [4.69, 9.17) is 5.11 Å². The molecule has 0 saturated heterocycles. The molecule has 1 aromatic rings. The molecule has 0 aromatic carbocycles. The normalized spacial score (nSPS) is 18.7. The van der Waals surface area contributed by atoms with Crippen molar-refractivity contribution in [1.82, 2.24) is 20.2 Å². The van der Waals surface area contributed by atoms with E-state index in [0.29, 0.717) is 12.5 Å². The van der Waals surface area contributed by atoms with Gasteiger partial charge in [-0.25, -0.2) is 4.68 Å². The number of carboxylic acids is 1. The summed E-state index contributed by atoms with van der Waals surface area (Å²) >= 11 is 0. The molecule has 1 aliphatic rings. The highest BCUT2D eigenvalue weighted by atomic mass is 16.4. The van der Waals surface area contributed by atoms with Crippen molar-refractivity contribution >= 4 is 5.97 Å². The van der Waals surface area contributed by atoms with E-state index >= 15 is 0 Å². The molecule has 2 rings (SSSR count). The summed E-state index contributed by atoms with van der Waals surface area (Å²) in [6.45, 7) is 2.03. The highest BCUT2D eigenvalue weighted by Gasteiger charge is 2.20. The van der Waals surface area contributed by atoms with Crippen LogP contribution in [0, 0.1) is 11.8 Å². The molecule has 1 fully saturated rings. The zero-order valence-electron chi connectivity index (χ0n) is 10.7. The zero-order valence-corrected chi connectivity index (χ0v) is 10.7. The van der Waals surface area contributed by atoms with Gasteiger partial charge in [0.1, 0.15) is 0 Å². The van der Waals surface area contributed by atoms with E-state index in [-0.39, 0.29) is 0 Å². The zero-order chi connectivity index (χ0) is 13.0. The van der Waals surface area contributed by atoms with Crippen LogP contribution in [-0.4, -0.2) is 31.3 Å². The van der Waals surface area contributed by atoms with Gasteiger partial charge >= 0.3 is 5.97 Å². The van der Waals surface area contributed by atoms with Crippen molar-refractivity contribution in [2.24, 2.45) is 11.8 Å². The van der Waals surface area contributed by atoms with Crippen LogP contribution in [0.25, 0.3) is 0 Å². The van der Waals surface area contributed by atoms with Crippen LogP contribution < -0.4 is 0 Å². The molecule has 1 heterocycles. The first-order valence-electron chi connectivity index (χ1n) is 6.64. The maximum Gasteiger partial charge on any atom is 0.308 e. The first-order chi connectivity index (χ1) is 8.66. The lowest BCUT2D eigenvalue weighted by Crippen LogP contribution is -2.21. The number of hydrogen-bond acceptors (Lipinski definition) is 4. The second-order valence-electron chi connectivity index (χ2n) is 5.22. The summed E-state index contributed by atoms with van der Waals surface area (Å²) in [6.07, 6.45) is 7.26. The number of carbonyl (C=O) groups is 1. The van der Waals surface area contributed by atoms with Crippen molar-refractivity contribution in [1.29, 1.82) is 0 Å². The summed E-state index contributed by atoms with van der Waals surface area (Å²) in [5.41, 5.74) is 0. The molecular formula is C12H20N4O2. The molecule has 1 unspecified atom stereocenters. The smallest absolute Gasteiger partial charge is 0.308 e. The van der Waals surface area contributed by atoms with E-state index < -0.39 is 11.9 Å². The van der Waals surface area contributed by atoms with Gasteiger partial charge in [-0.2, -0.15) is 0 Å². The molecule has 1 aliphatic carbocycles. The fourth-order valence-electron chi connectivity index (χ4n) is 2.50. The Bertz CT molecular complexity index is 399. The molecule has 1 saturated carbocycles. The quantitative estimate of drug-likeness (QED) is 0.859. The van der Waals surface area contributed by atoms with Crippen LogP contribution in [0.1, 0.15) is 44.9 Å². The minimum atomic E-state index is -0.811. The highest BCUT2D eigenvalue weighted by molar-refractivity contribution is 5.69. The molecule has 1 aromatic heterocycles. The minimum Gasteiger partial charge on any atom is -0.481 e. The lowest BCUT2D eigenvalue weighted by atomic mass is 9.87. The maximum absolute atomic E-state index is 10.8. The molecule has 0 amide bonds. The van der Waals surface area contributed by atoms with Crippen molar-refractivity contribution in [2.75, 3.05) is 0 Å². The second kappa shape index (κ2) is 5.93. The van der Waals surface area contributed by atoms with E-state index in [2.05, 4.69) is 15.5 Å². The summed E-state index contributed by atoms with van der Waals surface area (Å²) in [5, 5.41) is 20.5. The third kappa shape index (κ3) is 3.27. The Labute approximate surface area is 106 Å². The fraction of sp³-hybridized carbons (Fsp3) is 0.833. The fourth-order valence-corrected chi connectivity index (χ4v) is 2.50. The van der Waals surface area contributed by atoms with Crippen molar-refractivity contribution in [3.8, 4) is 0 Å². The maximum atomic E-state index is 10.8. The molecular weight excluding hydrogens is 232 g/mol. The standard InChI is InChI=1S/C12H20N4O2/c1-9(12(17)18)8-16-11(13-14-15-16)7-10-5-3-2-4-6-10/h9-10H,2-8H2,1H3,(H,17,18). The molecule has 6 nitrogen and oxygen atoms in total. The predicted octanol–water partition coefficient (Wildman–Crippen LogP) is 1.52. The number of aromatic nitrogens is 4. The Kier molecular flexibility index (Phi) is 4.28. The van der Waals surface area contributed by atoms with Gasteiger partial charge in [0.25, 0.3) is 0 Å². The number of nitrogens with zero attached hydrogens (tertiary/aromatic N) is 4. The Morgan fingerprint density at radius 2 is 2.17 bits per heavy atom. The second-order valence-corrected chi connectivity index (χ2v) is 5.22. The topological polar surface area (TPSA) is 80.9 Å². The summed E-state index contributed by atoms with van der Waals surface area (Å²) in [7, 11) is 0. The molecule has 0 spiro atoms. The Balaban J connectivity index is 1.96. The molecule has 6 heteroatoms. The van der Waals surface area contributed by atoms with Crippen molar-refractivity contribution in [3.05, 3.63) is 5.82 Å². The van der Waals surface area contributed by atoms with E-state index in [1.165, 1.54) is 32.1 Å². The largest absolute Gasteiger partial charge is 0.481 e. The lowest BCUT2D eigenvalue weighted by Gasteiger charge is -2.20. The first-order valence-corrected chi connectivity index (χ1v) is 6.64. The van der Waals surface area contributed by atoms with Crippen LogP contribution in [0.15, 0.2) is 0 Å². The van der Waals surface area contributed by atoms with Crippen LogP contribution in [0.5, 0.6) is 0 Å². The number of aliphatic carboxylic acids is 1. The van der Waals surface area contributed by atoms with Crippen LogP contribution in [0.2, 0.25) is 0 Å². The molecule has 18 heavy (non-hydrogen) atoms. The molecule has 1 atom stereocenters. The van der Waals surface area contributed by atoms with Crippen molar-refractivity contribution < 1.29 is 9.90 Å². The summed E-state index contributed by atoms with van der Waals surface area (Å²) in [6, 6.07) is 0. The first kappa shape index (κ1) is 13.0. The van der Waals surface area contributed by atoms with Crippen LogP contribution in [0.3, 0.4) is 0 Å². The number of hydrogen-bond donors (Lipinski definition) is 1. The monoisotopic (exact) mass is 252 g/mol. The highest BCUT2D eigenvalue weighted by Crippen LogP contribution is 2.26. The third-order valence-electron chi connectivity index (χ3n) is 3.67. The van der Waals surface area contributed by atoms with Gasteiger partial charge in [-0.1, -0.05) is 39.0 Å². The number of tetrazole rings is 1. The van der Waals surface area contributed by atoms with Crippen LogP contribution in [0.4, 0.5) is 0 Å². The lowest BCUT2D eigenvalue weighted by molar-refractivity contribution is -0.141. The van der Waals surface area contributed by atoms with Gasteiger partial charge in [-0.15, -0.1) is 5.10 Å². The predicted molar refractivity (Wildman–Crippen MR) is 64.9 cm³/mol. The van der Waals surface area contributed by atoms with Gasteiger partial charge in [0, 0.05) is 6.42 Å². The van der Waals surface area contributed by atoms with Crippen LogP contribution >= 0.6 is 0 Å². The van der Waals surface area contributed by atoms with Crippen molar-refractivity contribution in [3.63, 3.8) is 0 Å². The van der Waals surface area contributed by atoms with Gasteiger partial charge in [0.15, 0.2) is 5.82 Å². The van der Waals surface area contributed by atoms with E-state index in [9.17, 15) is 4.79 Å². The van der Waals surface area contributed by atoms with E-state index in [0.717, 1.165) is 12.2 Å². The molecule has 1 N–H and O–H groups in total. The molecule has 0 radical (unpaired) electrons. The van der Waals surface area contributed by atoms with Gasteiger partial charge in [0.05, 0.1) is 12.5 Å². The van der Waals surface area contributed by atoms with E-state index in [1.54, 1.807) is 11.6 Å². The Morgan fingerprint density at radius 1 is 1.44 bits per heavy atom. The van der Waals surface area contributed by atoms with Crippen LogP contribution in [-0.2, 0) is 17.8 Å². The van der Waals surface area contributed by atoms with Gasteiger partial charge in [0.2, 0.25) is 0 Å². The Morgan fingerprint density at radius 3 is 2.83 bits per heavy atom. The van der Waals surface area contributed by atoms with Gasteiger partial charge in [-0.3, -0.25) is 4.79 Å². The summed E-state index contributed by atoms with van der Waals surface area (Å²) in [5.74, 6) is 0.214. The number of rotatable bonds is 5. The van der Waals surface area contributed by atoms with Gasteiger partial charge < -0.3 is 5.11 Å². The average molecular weight is 252 g/mol. The minimum absolute atomic E-state index is 0.352. The third-order valence-corrected chi connectivity index (χ3v) is 3.67. The SMILES string of the molecule is CC(Cn1nnnc1CC1CCCCC1)C(=O)O. The molecule has 100 valence electrons. The Hall–Kier alpha value is -1.46. The van der Waals surface area contributed by atoms with Crippen molar-refractivity contribution in [2.45, 2.75) is 52.0 Å². The summed E-state index contributed by atoms with van der Waals surface area (Å²) < 4.78 is 1.65.